The van der Waals surface area contributed by atoms with E-state index < -0.39 is 0 Å². The number of ether oxygens (including phenoxy) is 1. The van der Waals surface area contributed by atoms with Crippen LogP contribution in [0.4, 0.5) is 0 Å². The van der Waals surface area contributed by atoms with Gasteiger partial charge in [-0.05, 0) is 81.1 Å². The lowest BCUT2D eigenvalue weighted by Gasteiger charge is -2.18. The topological polar surface area (TPSA) is 26.3 Å². The average Bonchev–Trinajstić information content (AvgIpc) is 2.56. The van der Waals surface area contributed by atoms with E-state index in [1.807, 2.05) is 31.2 Å². The minimum Gasteiger partial charge on any atom is -0.497 e. The number of carbonyl (C=O) groups is 1. The molecule has 1 atom stereocenters. The molecule has 2 aromatic rings. The van der Waals surface area contributed by atoms with Crippen LogP contribution in [0.5, 0.6) is 5.75 Å². The van der Waals surface area contributed by atoms with Gasteiger partial charge in [0.2, 0.25) is 0 Å². The molecule has 0 bridgehead atoms. The van der Waals surface area contributed by atoms with Gasteiger partial charge in [-0.3, -0.25) is 4.79 Å². The van der Waals surface area contributed by atoms with Crippen molar-refractivity contribution in [3.63, 3.8) is 0 Å². The van der Waals surface area contributed by atoms with Gasteiger partial charge in [0.15, 0.2) is 5.78 Å². The van der Waals surface area contributed by atoms with Crippen LogP contribution in [0, 0.1) is 27.7 Å². The van der Waals surface area contributed by atoms with Crippen molar-refractivity contribution in [3.05, 3.63) is 58.1 Å². The summed E-state index contributed by atoms with van der Waals surface area (Å²) in [5.74, 6) is 0.915. The number of hydrogen-bond acceptors (Lipinski definition) is 3. The fourth-order valence-electron chi connectivity index (χ4n) is 2.58. The largest absolute Gasteiger partial charge is 0.497 e. The molecule has 0 aliphatic carbocycles. The molecule has 0 unspecified atom stereocenters. The van der Waals surface area contributed by atoms with E-state index in [-0.39, 0.29) is 11.0 Å². The third kappa shape index (κ3) is 3.78. The summed E-state index contributed by atoms with van der Waals surface area (Å²) in [5.41, 5.74) is 5.82. The SMILES string of the molecule is COc1ccc(C(=O)[C@H](C)Sc2c(C)c(C)cc(C)c2C)cc1. The van der Waals surface area contributed by atoms with Gasteiger partial charge in [0.1, 0.15) is 5.75 Å². The maximum Gasteiger partial charge on any atom is 0.175 e. The molecule has 2 aromatic carbocycles. The van der Waals surface area contributed by atoms with Crippen LogP contribution in [-0.2, 0) is 0 Å². The van der Waals surface area contributed by atoms with Crippen LogP contribution in [-0.4, -0.2) is 18.1 Å². The fraction of sp³-hybridized carbons (Fsp3) is 0.350. The molecule has 0 aromatic heterocycles. The molecular weight excluding hydrogens is 304 g/mol. The van der Waals surface area contributed by atoms with E-state index in [1.54, 1.807) is 18.9 Å². The molecule has 0 saturated heterocycles. The molecule has 0 spiro atoms. The van der Waals surface area contributed by atoms with Gasteiger partial charge in [0.25, 0.3) is 0 Å². The summed E-state index contributed by atoms with van der Waals surface area (Å²) in [6, 6.07) is 9.54. The highest BCUT2D eigenvalue weighted by Gasteiger charge is 2.19. The van der Waals surface area contributed by atoms with Crippen LogP contribution >= 0.6 is 11.8 Å². The summed E-state index contributed by atoms with van der Waals surface area (Å²) in [6.07, 6.45) is 0. The van der Waals surface area contributed by atoms with E-state index in [9.17, 15) is 4.79 Å². The van der Waals surface area contributed by atoms with Crippen molar-refractivity contribution in [2.24, 2.45) is 0 Å². The number of thioether (sulfide) groups is 1. The van der Waals surface area contributed by atoms with E-state index in [2.05, 4.69) is 33.8 Å². The molecule has 0 heterocycles. The number of aryl methyl sites for hydroxylation is 2. The van der Waals surface area contributed by atoms with Gasteiger partial charge in [0, 0.05) is 10.5 Å². The van der Waals surface area contributed by atoms with Crippen molar-refractivity contribution in [3.8, 4) is 5.75 Å². The summed E-state index contributed by atoms with van der Waals surface area (Å²) in [6.45, 7) is 10.5. The van der Waals surface area contributed by atoms with Crippen LogP contribution in [0.3, 0.4) is 0 Å². The molecule has 2 nitrogen and oxygen atoms in total. The molecule has 0 radical (unpaired) electrons. The Hall–Kier alpha value is -1.74. The van der Waals surface area contributed by atoms with Crippen LogP contribution in [0.15, 0.2) is 35.2 Å². The first-order chi connectivity index (χ1) is 10.8. The molecule has 3 heteroatoms. The zero-order chi connectivity index (χ0) is 17.1. The van der Waals surface area contributed by atoms with E-state index in [4.69, 9.17) is 4.74 Å². The van der Waals surface area contributed by atoms with Crippen LogP contribution in [0.25, 0.3) is 0 Å². The number of methoxy groups -OCH3 is 1. The maximum atomic E-state index is 12.7. The molecular formula is C20H24O2S. The van der Waals surface area contributed by atoms with Gasteiger partial charge in [-0.1, -0.05) is 6.07 Å². The molecule has 0 aliphatic heterocycles. The lowest BCUT2D eigenvalue weighted by atomic mass is 10.0. The van der Waals surface area contributed by atoms with Gasteiger partial charge in [-0.25, -0.2) is 0 Å². The quantitative estimate of drug-likeness (QED) is 0.551. The number of hydrogen-bond donors (Lipinski definition) is 0. The first-order valence-electron chi connectivity index (χ1n) is 7.77. The Bertz CT molecular complexity index is 691. The maximum absolute atomic E-state index is 12.7. The molecule has 0 aliphatic rings. The molecule has 23 heavy (non-hydrogen) atoms. The number of rotatable bonds is 5. The van der Waals surface area contributed by atoms with E-state index in [0.717, 1.165) is 11.3 Å². The van der Waals surface area contributed by atoms with Gasteiger partial charge < -0.3 is 4.74 Å². The van der Waals surface area contributed by atoms with Gasteiger partial charge in [-0.15, -0.1) is 11.8 Å². The van der Waals surface area contributed by atoms with E-state index in [1.165, 1.54) is 27.1 Å². The van der Waals surface area contributed by atoms with Crippen molar-refractivity contribution in [2.45, 2.75) is 44.8 Å². The average molecular weight is 328 g/mol. The smallest absolute Gasteiger partial charge is 0.175 e. The Morgan fingerprint density at radius 3 is 2.00 bits per heavy atom. The third-order valence-electron chi connectivity index (χ3n) is 4.34. The van der Waals surface area contributed by atoms with Crippen LogP contribution in [0.1, 0.15) is 39.5 Å². The first kappa shape index (κ1) is 17.6. The van der Waals surface area contributed by atoms with Crippen molar-refractivity contribution in [2.75, 3.05) is 7.11 Å². The summed E-state index contributed by atoms with van der Waals surface area (Å²) >= 11 is 1.66. The predicted molar refractivity (Wildman–Crippen MR) is 98.0 cm³/mol. The lowest BCUT2D eigenvalue weighted by molar-refractivity contribution is 0.0994. The van der Waals surface area contributed by atoms with Crippen molar-refractivity contribution in [1.29, 1.82) is 0 Å². The Balaban J connectivity index is 2.24. The zero-order valence-corrected chi connectivity index (χ0v) is 15.5. The molecule has 2 rings (SSSR count). The molecule has 0 amide bonds. The first-order valence-corrected chi connectivity index (χ1v) is 8.65. The van der Waals surface area contributed by atoms with Gasteiger partial charge >= 0.3 is 0 Å². The Morgan fingerprint density at radius 2 is 1.52 bits per heavy atom. The molecule has 0 saturated carbocycles. The van der Waals surface area contributed by atoms with Crippen LogP contribution < -0.4 is 4.74 Å². The second-order valence-corrected chi connectivity index (χ2v) is 7.29. The summed E-state index contributed by atoms with van der Waals surface area (Å²) < 4.78 is 5.15. The van der Waals surface area contributed by atoms with Crippen molar-refractivity contribution >= 4 is 17.5 Å². The van der Waals surface area contributed by atoms with Crippen molar-refractivity contribution in [1.82, 2.24) is 0 Å². The summed E-state index contributed by atoms with van der Waals surface area (Å²) in [5, 5.41) is -0.123. The highest BCUT2D eigenvalue weighted by molar-refractivity contribution is 8.00. The van der Waals surface area contributed by atoms with Gasteiger partial charge in [-0.2, -0.15) is 0 Å². The summed E-state index contributed by atoms with van der Waals surface area (Å²) in [4.78, 5) is 13.9. The summed E-state index contributed by atoms with van der Waals surface area (Å²) in [7, 11) is 1.63. The minimum absolute atomic E-state index is 0.123. The highest BCUT2D eigenvalue weighted by Crippen LogP contribution is 2.34. The molecule has 0 N–H and O–H groups in total. The second kappa shape index (κ2) is 7.22. The normalized spacial score (nSPS) is 12.1. The van der Waals surface area contributed by atoms with E-state index in [0.29, 0.717) is 0 Å². The zero-order valence-electron chi connectivity index (χ0n) is 14.7. The monoisotopic (exact) mass is 328 g/mol. The third-order valence-corrected chi connectivity index (χ3v) is 5.75. The second-order valence-electron chi connectivity index (χ2n) is 5.94. The van der Waals surface area contributed by atoms with E-state index >= 15 is 0 Å². The number of benzene rings is 2. The number of carbonyl (C=O) groups excluding carboxylic acids is 1. The minimum atomic E-state index is -0.123. The Morgan fingerprint density at radius 1 is 1.00 bits per heavy atom. The predicted octanol–water partition coefficient (Wildman–Crippen LogP) is 5.29. The standard InChI is InChI=1S/C20H24O2S/c1-12-11-13(2)15(4)20(14(12)3)23-16(5)19(21)17-7-9-18(22-6)10-8-17/h7-11,16H,1-6H3/t16-/m0/s1. The Kier molecular flexibility index (Phi) is 5.53. The van der Waals surface area contributed by atoms with Crippen molar-refractivity contribution < 1.29 is 9.53 Å². The molecule has 122 valence electrons. The van der Waals surface area contributed by atoms with Crippen LogP contribution in [0.2, 0.25) is 0 Å². The Labute approximate surface area is 143 Å². The lowest BCUT2D eigenvalue weighted by Crippen LogP contribution is -2.14. The van der Waals surface area contributed by atoms with Gasteiger partial charge in [0.05, 0.1) is 12.4 Å². The molecule has 0 fully saturated rings. The highest BCUT2D eigenvalue weighted by atomic mass is 32.2. The fourth-order valence-corrected chi connectivity index (χ4v) is 3.85. The number of Topliss-reactive ketones (excluding diaryl/α,β-unsaturated/α-hetero) is 1. The number of ketones is 1.